The molecule has 1 aromatic rings. The molecule has 2 N–H and O–H groups in total. The Morgan fingerprint density at radius 3 is 2.80 bits per heavy atom. The molecule has 0 aromatic carbocycles. The monoisotopic (exact) mass is 347 g/mol. The maximum atomic E-state index is 13.0. The predicted octanol–water partition coefficient (Wildman–Crippen LogP) is 0.850. The summed E-state index contributed by atoms with van der Waals surface area (Å²) in [5.41, 5.74) is 5.45. The number of hydrogen-bond acceptors (Lipinski definition) is 4. The van der Waals surface area contributed by atoms with Crippen LogP contribution in [0.25, 0.3) is 0 Å². The van der Waals surface area contributed by atoms with Gasteiger partial charge in [0.25, 0.3) is 0 Å². The summed E-state index contributed by atoms with van der Waals surface area (Å²) in [5, 5.41) is 4.31. The van der Waals surface area contributed by atoms with Crippen molar-refractivity contribution in [2.75, 3.05) is 19.6 Å². The number of carbonyl (C=O) groups excluding carboxylic acids is 2. The Morgan fingerprint density at radius 2 is 2.08 bits per heavy atom. The van der Waals surface area contributed by atoms with Crippen LogP contribution in [0.5, 0.6) is 0 Å². The summed E-state index contributed by atoms with van der Waals surface area (Å²) in [6.45, 7) is 4.94. The van der Waals surface area contributed by atoms with Crippen molar-refractivity contribution in [3.63, 3.8) is 0 Å². The van der Waals surface area contributed by atoms with Gasteiger partial charge in [0.1, 0.15) is 0 Å². The number of amides is 2. The molecule has 0 radical (unpaired) electrons. The molecule has 3 rings (SSSR count). The van der Waals surface area contributed by atoms with E-state index in [4.69, 9.17) is 5.73 Å². The smallest absolute Gasteiger partial charge is 0.239 e. The number of rotatable bonds is 5. The van der Waals surface area contributed by atoms with Gasteiger partial charge in [-0.05, 0) is 45.2 Å². The summed E-state index contributed by atoms with van der Waals surface area (Å²) in [7, 11) is 0. The Hall–Kier alpha value is -1.89. The maximum absolute atomic E-state index is 13.0. The Balaban J connectivity index is 1.65. The minimum Gasteiger partial charge on any atom is -0.369 e. The molecule has 2 amide bonds. The van der Waals surface area contributed by atoms with Crippen molar-refractivity contribution in [2.24, 2.45) is 11.7 Å². The highest BCUT2D eigenvalue weighted by Gasteiger charge is 2.35. The molecule has 25 heavy (non-hydrogen) atoms. The number of carbonyl (C=O) groups is 2. The molecule has 0 bridgehead atoms. The van der Waals surface area contributed by atoms with E-state index in [1.54, 1.807) is 6.20 Å². The van der Waals surface area contributed by atoms with Crippen molar-refractivity contribution in [3.8, 4) is 0 Å². The largest absolute Gasteiger partial charge is 0.369 e. The lowest BCUT2D eigenvalue weighted by Crippen LogP contribution is -2.55. The maximum Gasteiger partial charge on any atom is 0.239 e. The predicted molar refractivity (Wildman–Crippen MR) is 94.5 cm³/mol. The van der Waals surface area contributed by atoms with Crippen molar-refractivity contribution in [2.45, 2.75) is 57.7 Å². The van der Waals surface area contributed by atoms with Crippen LogP contribution in [-0.2, 0) is 16.1 Å². The van der Waals surface area contributed by atoms with E-state index in [0.717, 1.165) is 45.3 Å². The Bertz CT molecular complexity index is 588. The van der Waals surface area contributed by atoms with E-state index in [1.165, 1.54) is 6.42 Å². The first kappa shape index (κ1) is 17.9. The van der Waals surface area contributed by atoms with Crippen molar-refractivity contribution in [1.29, 1.82) is 0 Å². The zero-order valence-electron chi connectivity index (χ0n) is 15.0. The lowest BCUT2D eigenvalue weighted by atomic mass is 9.96. The molecule has 3 atom stereocenters. The lowest BCUT2D eigenvalue weighted by Gasteiger charge is -2.42. The standard InChI is InChI=1S/C18H29N5O2/c1-14(18(25)21-9-4-6-15(12-21)17(19)24)23-11-3-2-7-16(23)13-22-10-5-8-20-22/h5,8,10,14-16H,2-4,6-7,9,11-13H2,1H3,(H2,19,24)/t14-,15-,16-/m1/s1. The van der Waals surface area contributed by atoms with Crippen molar-refractivity contribution in [3.05, 3.63) is 18.5 Å². The number of nitrogens with two attached hydrogens (primary N) is 1. The third-order valence-electron chi connectivity index (χ3n) is 5.62. The van der Waals surface area contributed by atoms with Gasteiger partial charge >= 0.3 is 0 Å². The van der Waals surface area contributed by atoms with Crippen LogP contribution in [0, 0.1) is 5.92 Å². The van der Waals surface area contributed by atoms with E-state index >= 15 is 0 Å². The summed E-state index contributed by atoms with van der Waals surface area (Å²) in [6, 6.07) is 2.08. The van der Waals surface area contributed by atoms with Crippen LogP contribution in [0.2, 0.25) is 0 Å². The fourth-order valence-corrected chi connectivity index (χ4v) is 4.17. The molecule has 0 spiro atoms. The minimum absolute atomic E-state index is 0.123. The van der Waals surface area contributed by atoms with Gasteiger partial charge in [-0.25, -0.2) is 0 Å². The number of hydrogen-bond donors (Lipinski definition) is 1. The van der Waals surface area contributed by atoms with E-state index in [-0.39, 0.29) is 23.8 Å². The van der Waals surface area contributed by atoms with Gasteiger partial charge in [0.15, 0.2) is 0 Å². The first-order chi connectivity index (χ1) is 12.1. The molecule has 2 aliphatic heterocycles. The van der Waals surface area contributed by atoms with Gasteiger partial charge in [-0.2, -0.15) is 5.10 Å². The second-order valence-electron chi connectivity index (χ2n) is 7.32. The van der Waals surface area contributed by atoms with Crippen molar-refractivity contribution >= 4 is 11.8 Å². The zero-order valence-corrected chi connectivity index (χ0v) is 15.0. The highest BCUT2D eigenvalue weighted by molar-refractivity contribution is 5.83. The molecule has 0 unspecified atom stereocenters. The first-order valence-electron chi connectivity index (χ1n) is 9.37. The Labute approximate surface area is 149 Å². The quantitative estimate of drug-likeness (QED) is 0.856. The van der Waals surface area contributed by atoms with Crippen LogP contribution in [0.1, 0.15) is 39.0 Å². The summed E-state index contributed by atoms with van der Waals surface area (Å²) in [4.78, 5) is 28.7. The third kappa shape index (κ3) is 4.21. The van der Waals surface area contributed by atoms with E-state index in [0.29, 0.717) is 12.6 Å². The molecule has 7 heteroatoms. The van der Waals surface area contributed by atoms with Gasteiger partial charge in [-0.1, -0.05) is 6.42 Å². The van der Waals surface area contributed by atoms with E-state index < -0.39 is 0 Å². The van der Waals surface area contributed by atoms with E-state index in [1.807, 2.05) is 28.8 Å². The highest BCUT2D eigenvalue weighted by Crippen LogP contribution is 2.24. The fraction of sp³-hybridized carbons (Fsp3) is 0.722. The highest BCUT2D eigenvalue weighted by atomic mass is 16.2. The Kier molecular flexibility index (Phi) is 5.73. The Morgan fingerprint density at radius 1 is 1.24 bits per heavy atom. The molecule has 3 heterocycles. The van der Waals surface area contributed by atoms with Crippen LogP contribution < -0.4 is 5.73 Å². The molecule has 138 valence electrons. The summed E-state index contributed by atoms with van der Waals surface area (Å²) in [6.07, 6.45) is 8.80. The van der Waals surface area contributed by atoms with Gasteiger partial charge in [0, 0.05) is 31.5 Å². The number of primary amides is 1. The van der Waals surface area contributed by atoms with Gasteiger partial charge in [-0.15, -0.1) is 0 Å². The molecule has 2 saturated heterocycles. The second kappa shape index (κ2) is 7.99. The van der Waals surface area contributed by atoms with Crippen LogP contribution >= 0.6 is 0 Å². The molecule has 7 nitrogen and oxygen atoms in total. The molecule has 0 saturated carbocycles. The van der Waals surface area contributed by atoms with Gasteiger partial charge < -0.3 is 10.6 Å². The van der Waals surface area contributed by atoms with Crippen LogP contribution in [0.4, 0.5) is 0 Å². The second-order valence-corrected chi connectivity index (χ2v) is 7.32. The zero-order chi connectivity index (χ0) is 17.8. The minimum atomic E-state index is -0.292. The average Bonchev–Trinajstić information content (AvgIpc) is 3.14. The summed E-state index contributed by atoms with van der Waals surface area (Å²) in [5.74, 6) is -0.371. The number of likely N-dealkylation sites (tertiary alicyclic amines) is 2. The van der Waals surface area contributed by atoms with Crippen LogP contribution in [0.3, 0.4) is 0 Å². The molecular weight excluding hydrogens is 318 g/mol. The van der Waals surface area contributed by atoms with Crippen molar-refractivity contribution in [1.82, 2.24) is 19.6 Å². The normalized spacial score (nSPS) is 26.4. The number of aromatic nitrogens is 2. The number of nitrogens with zero attached hydrogens (tertiary/aromatic N) is 4. The van der Waals surface area contributed by atoms with Crippen LogP contribution in [-0.4, -0.2) is 63.1 Å². The van der Waals surface area contributed by atoms with Crippen LogP contribution in [0.15, 0.2) is 18.5 Å². The van der Waals surface area contributed by atoms with Crippen molar-refractivity contribution < 1.29 is 9.59 Å². The average molecular weight is 347 g/mol. The molecule has 1 aromatic heterocycles. The number of piperidine rings is 2. The first-order valence-corrected chi connectivity index (χ1v) is 9.37. The summed E-state index contributed by atoms with van der Waals surface area (Å²) >= 11 is 0. The lowest BCUT2D eigenvalue weighted by molar-refractivity contribution is -0.141. The molecule has 2 fully saturated rings. The van der Waals surface area contributed by atoms with E-state index in [9.17, 15) is 9.59 Å². The molecular formula is C18H29N5O2. The topological polar surface area (TPSA) is 84.5 Å². The fourth-order valence-electron chi connectivity index (χ4n) is 4.17. The SMILES string of the molecule is C[C@H](C(=O)N1CCC[C@@H](C(N)=O)C1)N1CCCC[C@@H]1Cn1cccn1. The third-order valence-corrected chi connectivity index (χ3v) is 5.62. The molecule has 2 aliphatic rings. The molecule has 0 aliphatic carbocycles. The van der Waals surface area contributed by atoms with Gasteiger partial charge in [0.2, 0.25) is 11.8 Å². The van der Waals surface area contributed by atoms with Gasteiger partial charge in [-0.3, -0.25) is 19.2 Å². The summed E-state index contributed by atoms with van der Waals surface area (Å²) < 4.78 is 1.95. The van der Waals surface area contributed by atoms with Gasteiger partial charge in [0.05, 0.1) is 18.5 Å². The van der Waals surface area contributed by atoms with E-state index in [2.05, 4.69) is 10.00 Å².